The zero-order valence-corrected chi connectivity index (χ0v) is 10.5. The summed E-state index contributed by atoms with van der Waals surface area (Å²) in [6.07, 6.45) is 5.07. The van der Waals surface area contributed by atoms with Crippen LogP contribution in [0, 0.1) is 0 Å². The van der Waals surface area contributed by atoms with E-state index in [0.29, 0.717) is 12.1 Å². The summed E-state index contributed by atoms with van der Waals surface area (Å²) in [7, 11) is 0. The van der Waals surface area contributed by atoms with Crippen LogP contribution in [0.4, 0.5) is 0 Å². The van der Waals surface area contributed by atoms with Gasteiger partial charge in [0.25, 0.3) is 5.91 Å². The number of hydrogen-bond acceptors (Lipinski definition) is 4. The van der Waals surface area contributed by atoms with Crippen LogP contribution in [0.15, 0.2) is 48.9 Å². The normalized spacial score (nSPS) is 10.7. The van der Waals surface area contributed by atoms with Gasteiger partial charge in [-0.05, 0) is 24.3 Å². The van der Waals surface area contributed by atoms with E-state index in [0.717, 1.165) is 16.7 Å². The monoisotopic (exact) mass is 268 g/mol. The Kier molecular flexibility index (Phi) is 3.14. The minimum absolute atomic E-state index is 0.306. The second-order valence-corrected chi connectivity index (χ2v) is 4.33. The fraction of sp³-hybridized carbons (Fsp3) is 0.0714. The third-order valence-corrected chi connectivity index (χ3v) is 3.04. The van der Waals surface area contributed by atoms with E-state index in [1.807, 2.05) is 35.0 Å². The maximum atomic E-state index is 11.4. The molecular weight excluding hydrogens is 256 g/mol. The standard InChI is InChI=1S/C14H12N4O2/c19-14(17-20)10-7-13-12(16-8-10)4-6-18(13)9-11-3-1-2-5-15-11/h1-8,20H,9H2,(H,17,19). The van der Waals surface area contributed by atoms with Gasteiger partial charge in [0.2, 0.25) is 0 Å². The van der Waals surface area contributed by atoms with Crippen LogP contribution < -0.4 is 5.48 Å². The quantitative estimate of drug-likeness (QED) is 0.558. The number of pyridine rings is 2. The minimum atomic E-state index is -0.579. The molecule has 0 saturated carbocycles. The lowest BCUT2D eigenvalue weighted by Gasteiger charge is -2.05. The first-order valence-corrected chi connectivity index (χ1v) is 6.07. The number of hydroxylamine groups is 1. The summed E-state index contributed by atoms with van der Waals surface area (Å²) in [6, 6.07) is 9.29. The lowest BCUT2D eigenvalue weighted by Crippen LogP contribution is -2.18. The van der Waals surface area contributed by atoms with Crippen LogP contribution >= 0.6 is 0 Å². The predicted molar refractivity (Wildman–Crippen MR) is 72.3 cm³/mol. The van der Waals surface area contributed by atoms with Gasteiger partial charge in [0.1, 0.15) is 0 Å². The van der Waals surface area contributed by atoms with Gasteiger partial charge in [-0.25, -0.2) is 5.48 Å². The molecule has 3 heterocycles. The number of rotatable bonds is 3. The number of nitrogens with one attached hydrogen (secondary N) is 1. The Bertz CT molecular complexity index is 752. The van der Waals surface area contributed by atoms with E-state index in [4.69, 9.17) is 5.21 Å². The molecule has 0 radical (unpaired) electrons. The molecule has 3 rings (SSSR count). The molecule has 0 aliphatic carbocycles. The van der Waals surface area contributed by atoms with Crippen molar-refractivity contribution in [2.75, 3.05) is 0 Å². The number of aromatic nitrogens is 3. The molecule has 0 atom stereocenters. The van der Waals surface area contributed by atoms with Gasteiger partial charge in [-0.3, -0.25) is 20.0 Å². The first-order valence-electron chi connectivity index (χ1n) is 6.07. The largest absolute Gasteiger partial charge is 0.340 e. The highest BCUT2D eigenvalue weighted by Crippen LogP contribution is 2.16. The molecule has 0 bridgehead atoms. The van der Waals surface area contributed by atoms with Crippen LogP contribution in [0.25, 0.3) is 11.0 Å². The average Bonchev–Trinajstić information content (AvgIpc) is 2.90. The van der Waals surface area contributed by atoms with Crippen molar-refractivity contribution in [3.8, 4) is 0 Å². The van der Waals surface area contributed by atoms with Crippen molar-refractivity contribution < 1.29 is 10.0 Å². The summed E-state index contributed by atoms with van der Waals surface area (Å²) in [5, 5.41) is 8.67. The lowest BCUT2D eigenvalue weighted by atomic mass is 10.2. The number of hydrogen-bond donors (Lipinski definition) is 2. The van der Waals surface area contributed by atoms with Gasteiger partial charge in [-0.1, -0.05) is 6.07 Å². The van der Waals surface area contributed by atoms with Crippen LogP contribution in [0.1, 0.15) is 16.1 Å². The second kappa shape index (κ2) is 5.10. The van der Waals surface area contributed by atoms with Gasteiger partial charge in [-0.2, -0.15) is 0 Å². The van der Waals surface area contributed by atoms with E-state index in [1.54, 1.807) is 17.7 Å². The molecule has 0 fully saturated rings. The summed E-state index contributed by atoms with van der Waals surface area (Å²) in [6.45, 7) is 0.593. The smallest absolute Gasteiger partial charge is 0.276 e. The Labute approximate surface area is 114 Å². The molecule has 3 aromatic rings. The summed E-state index contributed by atoms with van der Waals surface area (Å²) in [5.41, 5.74) is 4.44. The molecule has 0 unspecified atom stereocenters. The first-order chi connectivity index (χ1) is 9.78. The molecule has 0 aliphatic heterocycles. The van der Waals surface area contributed by atoms with Crippen LogP contribution in [0.2, 0.25) is 0 Å². The summed E-state index contributed by atoms with van der Waals surface area (Å²) >= 11 is 0. The fourth-order valence-electron chi connectivity index (χ4n) is 2.06. The lowest BCUT2D eigenvalue weighted by molar-refractivity contribution is 0.0706. The number of carbonyl (C=O) groups is 1. The second-order valence-electron chi connectivity index (χ2n) is 4.33. The van der Waals surface area contributed by atoms with Crippen molar-refractivity contribution in [2.24, 2.45) is 0 Å². The molecule has 6 nitrogen and oxygen atoms in total. The molecule has 0 aromatic carbocycles. The third kappa shape index (κ3) is 2.24. The van der Waals surface area contributed by atoms with Crippen LogP contribution in [-0.4, -0.2) is 25.6 Å². The van der Waals surface area contributed by atoms with Gasteiger partial charge in [0, 0.05) is 18.6 Å². The Morgan fingerprint density at radius 2 is 2.20 bits per heavy atom. The van der Waals surface area contributed by atoms with Gasteiger partial charge >= 0.3 is 0 Å². The van der Waals surface area contributed by atoms with Gasteiger partial charge in [0.15, 0.2) is 0 Å². The van der Waals surface area contributed by atoms with Crippen molar-refractivity contribution in [1.29, 1.82) is 0 Å². The first kappa shape index (κ1) is 12.3. The van der Waals surface area contributed by atoms with Crippen molar-refractivity contribution in [3.63, 3.8) is 0 Å². The summed E-state index contributed by atoms with van der Waals surface area (Å²) < 4.78 is 1.96. The molecule has 2 N–H and O–H groups in total. The van der Waals surface area contributed by atoms with Crippen LogP contribution in [-0.2, 0) is 6.54 Å². The van der Waals surface area contributed by atoms with Crippen molar-refractivity contribution in [3.05, 3.63) is 60.2 Å². The zero-order chi connectivity index (χ0) is 13.9. The van der Waals surface area contributed by atoms with Crippen molar-refractivity contribution in [1.82, 2.24) is 20.0 Å². The predicted octanol–water partition coefficient (Wildman–Crippen LogP) is 1.60. The van der Waals surface area contributed by atoms with Crippen LogP contribution in [0.5, 0.6) is 0 Å². The van der Waals surface area contributed by atoms with E-state index >= 15 is 0 Å². The zero-order valence-electron chi connectivity index (χ0n) is 10.5. The van der Waals surface area contributed by atoms with E-state index in [-0.39, 0.29) is 0 Å². The maximum absolute atomic E-state index is 11.4. The number of nitrogens with zero attached hydrogens (tertiary/aromatic N) is 3. The average molecular weight is 268 g/mol. The highest BCUT2D eigenvalue weighted by molar-refractivity contribution is 5.96. The van der Waals surface area contributed by atoms with Gasteiger partial charge in [0.05, 0.1) is 28.8 Å². The Morgan fingerprint density at radius 1 is 1.30 bits per heavy atom. The third-order valence-electron chi connectivity index (χ3n) is 3.04. The Morgan fingerprint density at radius 3 is 2.95 bits per heavy atom. The van der Waals surface area contributed by atoms with Gasteiger partial charge < -0.3 is 4.57 Å². The van der Waals surface area contributed by atoms with Crippen molar-refractivity contribution >= 4 is 16.9 Å². The number of fused-ring (bicyclic) bond motifs is 1. The molecular formula is C14H12N4O2. The minimum Gasteiger partial charge on any atom is -0.340 e. The van der Waals surface area contributed by atoms with E-state index in [9.17, 15) is 4.79 Å². The molecule has 100 valence electrons. The molecule has 0 aliphatic rings. The molecule has 1 amide bonds. The molecule has 3 aromatic heterocycles. The molecule has 0 spiro atoms. The molecule has 0 saturated heterocycles. The fourth-order valence-corrected chi connectivity index (χ4v) is 2.06. The molecule has 6 heteroatoms. The Hall–Kier alpha value is -2.73. The number of amides is 1. The SMILES string of the molecule is O=C(NO)c1cnc2ccn(Cc3ccccn3)c2c1. The van der Waals surface area contributed by atoms with Crippen LogP contribution in [0.3, 0.4) is 0 Å². The Balaban J connectivity index is 2.01. The molecule has 20 heavy (non-hydrogen) atoms. The van der Waals surface area contributed by atoms with Gasteiger partial charge in [-0.15, -0.1) is 0 Å². The maximum Gasteiger partial charge on any atom is 0.276 e. The van der Waals surface area contributed by atoms with Crippen molar-refractivity contribution in [2.45, 2.75) is 6.54 Å². The van der Waals surface area contributed by atoms with E-state index in [2.05, 4.69) is 9.97 Å². The van der Waals surface area contributed by atoms with E-state index in [1.165, 1.54) is 6.20 Å². The number of carbonyl (C=O) groups excluding carboxylic acids is 1. The highest BCUT2D eigenvalue weighted by Gasteiger charge is 2.09. The topological polar surface area (TPSA) is 80.0 Å². The summed E-state index contributed by atoms with van der Waals surface area (Å²) in [4.78, 5) is 19.9. The highest BCUT2D eigenvalue weighted by atomic mass is 16.5. The summed E-state index contributed by atoms with van der Waals surface area (Å²) in [5.74, 6) is -0.579. The van der Waals surface area contributed by atoms with E-state index < -0.39 is 5.91 Å².